The summed E-state index contributed by atoms with van der Waals surface area (Å²) in [6.45, 7) is 5.95. The molecule has 1 aliphatic heterocycles. The number of rotatable bonds is 5. The summed E-state index contributed by atoms with van der Waals surface area (Å²) in [5.74, 6) is 1.46. The number of nitrogens with one attached hydrogen (secondary N) is 2. The number of anilines is 4. The van der Waals surface area contributed by atoms with Gasteiger partial charge in [0.05, 0.1) is 0 Å². The molecule has 0 saturated carbocycles. The van der Waals surface area contributed by atoms with Crippen LogP contribution in [0.5, 0.6) is 0 Å². The standard InChI is InChI=1S/C24H27N5O/c1-17-8-4-5-9-21(17)23(30)27-20-12-10-19(11-13-20)26-22-16-18(2)25-24(28-22)29-14-6-3-7-15-29/h4-5,8-13,16H,3,6-7,14-15H2,1-2H3,(H,27,30)(H,25,26,28). The Kier molecular flexibility index (Phi) is 5.93. The van der Waals surface area contributed by atoms with Crippen LogP contribution in [0.15, 0.2) is 54.6 Å². The van der Waals surface area contributed by atoms with Gasteiger partial charge in [0, 0.05) is 41.8 Å². The molecule has 1 aromatic heterocycles. The second-order valence-electron chi connectivity index (χ2n) is 7.71. The van der Waals surface area contributed by atoms with Gasteiger partial charge in [0.2, 0.25) is 5.95 Å². The highest BCUT2D eigenvalue weighted by molar-refractivity contribution is 6.05. The van der Waals surface area contributed by atoms with Crippen molar-refractivity contribution in [1.82, 2.24) is 9.97 Å². The van der Waals surface area contributed by atoms with Crippen LogP contribution < -0.4 is 15.5 Å². The van der Waals surface area contributed by atoms with Crippen LogP contribution in [0.2, 0.25) is 0 Å². The Morgan fingerprint density at radius 1 is 0.900 bits per heavy atom. The van der Waals surface area contributed by atoms with E-state index in [1.165, 1.54) is 19.3 Å². The molecule has 3 aromatic rings. The van der Waals surface area contributed by atoms with Gasteiger partial charge in [0.25, 0.3) is 5.91 Å². The molecule has 2 heterocycles. The summed E-state index contributed by atoms with van der Waals surface area (Å²) >= 11 is 0. The molecular weight excluding hydrogens is 374 g/mol. The average molecular weight is 402 g/mol. The Labute approximate surface area is 177 Å². The van der Waals surface area contributed by atoms with Gasteiger partial charge in [-0.15, -0.1) is 0 Å². The van der Waals surface area contributed by atoms with Crippen molar-refractivity contribution in [3.63, 3.8) is 0 Å². The minimum Gasteiger partial charge on any atom is -0.341 e. The smallest absolute Gasteiger partial charge is 0.255 e. The maximum absolute atomic E-state index is 12.5. The Morgan fingerprint density at radius 3 is 2.33 bits per heavy atom. The zero-order valence-electron chi connectivity index (χ0n) is 17.5. The Morgan fingerprint density at radius 2 is 1.60 bits per heavy atom. The molecule has 2 N–H and O–H groups in total. The molecule has 1 aliphatic rings. The van der Waals surface area contributed by atoms with Crippen LogP contribution in [0, 0.1) is 13.8 Å². The maximum atomic E-state index is 12.5. The summed E-state index contributed by atoms with van der Waals surface area (Å²) in [6.07, 6.45) is 3.66. The molecule has 2 aromatic carbocycles. The number of hydrogen-bond donors (Lipinski definition) is 2. The molecule has 0 atom stereocenters. The lowest BCUT2D eigenvalue weighted by Gasteiger charge is -2.27. The summed E-state index contributed by atoms with van der Waals surface area (Å²) in [5.41, 5.74) is 4.24. The first-order valence-electron chi connectivity index (χ1n) is 10.4. The Bertz CT molecular complexity index is 1030. The third kappa shape index (κ3) is 4.76. The van der Waals surface area contributed by atoms with Crippen molar-refractivity contribution in [1.29, 1.82) is 0 Å². The third-order valence-corrected chi connectivity index (χ3v) is 5.29. The van der Waals surface area contributed by atoms with Crippen LogP contribution in [0.1, 0.15) is 40.9 Å². The van der Waals surface area contributed by atoms with Crippen molar-refractivity contribution in [2.75, 3.05) is 28.6 Å². The van der Waals surface area contributed by atoms with Crippen molar-refractivity contribution in [3.05, 3.63) is 71.4 Å². The van der Waals surface area contributed by atoms with Crippen molar-refractivity contribution in [2.24, 2.45) is 0 Å². The summed E-state index contributed by atoms with van der Waals surface area (Å²) in [5, 5.41) is 6.31. The zero-order chi connectivity index (χ0) is 20.9. The first-order chi connectivity index (χ1) is 14.6. The second-order valence-corrected chi connectivity index (χ2v) is 7.71. The van der Waals surface area contributed by atoms with Crippen LogP contribution >= 0.6 is 0 Å². The van der Waals surface area contributed by atoms with Gasteiger partial charge in [-0.3, -0.25) is 4.79 Å². The number of carbonyl (C=O) groups is 1. The van der Waals surface area contributed by atoms with E-state index in [0.717, 1.165) is 47.5 Å². The van der Waals surface area contributed by atoms with E-state index >= 15 is 0 Å². The van der Waals surface area contributed by atoms with Gasteiger partial charge in [-0.25, -0.2) is 4.98 Å². The topological polar surface area (TPSA) is 70.2 Å². The van der Waals surface area contributed by atoms with Crippen LogP contribution in [-0.2, 0) is 0 Å². The zero-order valence-corrected chi connectivity index (χ0v) is 17.5. The van der Waals surface area contributed by atoms with Crippen LogP contribution in [0.4, 0.5) is 23.1 Å². The van der Waals surface area contributed by atoms with E-state index in [1.54, 1.807) is 0 Å². The number of amides is 1. The highest BCUT2D eigenvalue weighted by Gasteiger charge is 2.15. The number of hydrogen-bond acceptors (Lipinski definition) is 5. The van der Waals surface area contributed by atoms with Gasteiger partial charge < -0.3 is 15.5 Å². The first kappa shape index (κ1) is 19.9. The van der Waals surface area contributed by atoms with Crippen molar-refractivity contribution in [3.8, 4) is 0 Å². The largest absolute Gasteiger partial charge is 0.341 e. The number of nitrogens with zero attached hydrogens (tertiary/aromatic N) is 3. The van der Waals surface area contributed by atoms with Gasteiger partial charge in [-0.2, -0.15) is 4.98 Å². The molecule has 6 nitrogen and oxygen atoms in total. The summed E-state index contributed by atoms with van der Waals surface area (Å²) < 4.78 is 0. The lowest BCUT2D eigenvalue weighted by Crippen LogP contribution is -2.31. The fourth-order valence-corrected chi connectivity index (χ4v) is 3.66. The molecule has 0 radical (unpaired) electrons. The van der Waals surface area contributed by atoms with Gasteiger partial charge in [-0.1, -0.05) is 18.2 Å². The fourth-order valence-electron chi connectivity index (χ4n) is 3.66. The lowest BCUT2D eigenvalue weighted by molar-refractivity contribution is 0.102. The predicted octanol–water partition coefficient (Wildman–Crippen LogP) is 5.08. The van der Waals surface area contributed by atoms with Gasteiger partial charge in [-0.05, 0) is 69.0 Å². The highest BCUT2D eigenvalue weighted by atomic mass is 16.1. The van der Waals surface area contributed by atoms with Crippen LogP contribution in [0.25, 0.3) is 0 Å². The summed E-state index contributed by atoms with van der Waals surface area (Å²) in [4.78, 5) is 24.1. The second kappa shape index (κ2) is 8.95. The highest BCUT2D eigenvalue weighted by Crippen LogP contribution is 2.22. The minimum absolute atomic E-state index is 0.105. The summed E-state index contributed by atoms with van der Waals surface area (Å²) in [7, 11) is 0. The molecule has 4 rings (SSSR count). The molecule has 1 amide bonds. The first-order valence-corrected chi connectivity index (χ1v) is 10.4. The number of carbonyl (C=O) groups excluding carboxylic acids is 1. The minimum atomic E-state index is -0.105. The maximum Gasteiger partial charge on any atom is 0.255 e. The van der Waals surface area contributed by atoms with E-state index in [4.69, 9.17) is 4.98 Å². The van der Waals surface area contributed by atoms with E-state index in [-0.39, 0.29) is 5.91 Å². The molecule has 30 heavy (non-hydrogen) atoms. The predicted molar refractivity (Wildman–Crippen MR) is 122 cm³/mol. The number of aryl methyl sites for hydroxylation is 2. The number of piperidine rings is 1. The quantitative estimate of drug-likeness (QED) is 0.624. The van der Waals surface area contributed by atoms with Gasteiger partial charge >= 0.3 is 0 Å². The molecule has 154 valence electrons. The average Bonchev–Trinajstić information content (AvgIpc) is 2.75. The van der Waals surface area contributed by atoms with E-state index < -0.39 is 0 Å². The van der Waals surface area contributed by atoms with Gasteiger partial charge in [0.1, 0.15) is 5.82 Å². The number of benzene rings is 2. The Balaban J connectivity index is 1.44. The normalized spacial score (nSPS) is 13.7. The van der Waals surface area contributed by atoms with Crippen LogP contribution in [-0.4, -0.2) is 29.0 Å². The SMILES string of the molecule is Cc1cc(Nc2ccc(NC(=O)c3ccccc3C)cc2)nc(N2CCCCC2)n1. The molecule has 1 fully saturated rings. The van der Waals surface area contributed by atoms with E-state index in [9.17, 15) is 4.79 Å². The molecule has 1 saturated heterocycles. The molecule has 6 heteroatoms. The van der Waals surface area contributed by atoms with Crippen molar-refractivity contribution >= 4 is 29.0 Å². The summed E-state index contributed by atoms with van der Waals surface area (Å²) in [6, 6.07) is 17.2. The third-order valence-electron chi connectivity index (χ3n) is 5.29. The van der Waals surface area contributed by atoms with E-state index in [0.29, 0.717) is 5.56 Å². The van der Waals surface area contributed by atoms with Crippen molar-refractivity contribution < 1.29 is 4.79 Å². The number of aromatic nitrogens is 2. The van der Waals surface area contributed by atoms with E-state index in [2.05, 4.69) is 20.5 Å². The van der Waals surface area contributed by atoms with Gasteiger partial charge in [0.15, 0.2) is 0 Å². The fraction of sp³-hybridized carbons (Fsp3) is 0.292. The van der Waals surface area contributed by atoms with Crippen LogP contribution in [0.3, 0.4) is 0 Å². The lowest BCUT2D eigenvalue weighted by atomic mass is 10.1. The molecular formula is C24H27N5O. The monoisotopic (exact) mass is 401 g/mol. The molecule has 0 bridgehead atoms. The molecule has 0 aliphatic carbocycles. The molecule has 0 spiro atoms. The Hall–Kier alpha value is -3.41. The van der Waals surface area contributed by atoms with E-state index in [1.807, 2.05) is 68.4 Å². The molecule has 0 unspecified atom stereocenters. The van der Waals surface area contributed by atoms with Crippen molar-refractivity contribution in [2.45, 2.75) is 33.1 Å².